The number of anilines is 1. The lowest BCUT2D eigenvalue weighted by atomic mass is 10.1. The van der Waals surface area contributed by atoms with Gasteiger partial charge in [-0.2, -0.15) is 0 Å². The van der Waals surface area contributed by atoms with Gasteiger partial charge in [-0.1, -0.05) is 39.7 Å². The molecule has 0 atom stereocenters. The summed E-state index contributed by atoms with van der Waals surface area (Å²) in [6.07, 6.45) is 0. The van der Waals surface area contributed by atoms with Crippen LogP contribution in [-0.4, -0.2) is 42.0 Å². The van der Waals surface area contributed by atoms with E-state index in [1.54, 1.807) is 12.1 Å². The number of nitrogens with zero attached hydrogens (tertiary/aromatic N) is 2. The largest absolute Gasteiger partial charge is 0.322 e. The summed E-state index contributed by atoms with van der Waals surface area (Å²) in [5.74, 6) is 0. The number of carbonyl (C=O) groups excluding carboxylic acids is 1. The van der Waals surface area contributed by atoms with Crippen LogP contribution in [0.5, 0.6) is 0 Å². The van der Waals surface area contributed by atoms with E-state index in [4.69, 9.17) is 11.6 Å². The molecule has 1 aliphatic heterocycles. The monoisotopic (exact) mass is 421 g/mol. The van der Waals surface area contributed by atoms with Crippen LogP contribution < -0.4 is 5.32 Å². The Kier molecular flexibility index (Phi) is 5.99. The maximum Gasteiger partial charge on any atom is 0.321 e. The van der Waals surface area contributed by atoms with Crippen molar-refractivity contribution in [2.75, 3.05) is 31.5 Å². The van der Waals surface area contributed by atoms with Crippen molar-refractivity contribution in [3.05, 3.63) is 63.1 Å². The number of carbonyl (C=O) groups is 1. The molecule has 2 aromatic rings. The minimum atomic E-state index is -0.0542. The Morgan fingerprint density at radius 1 is 1.12 bits per heavy atom. The van der Waals surface area contributed by atoms with Gasteiger partial charge in [-0.3, -0.25) is 4.90 Å². The van der Waals surface area contributed by atoms with Gasteiger partial charge in [0.2, 0.25) is 0 Å². The summed E-state index contributed by atoms with van der Waals surface area (Å²) in [6, 6.07) is 13.6. The van der Waals surface area contributed by atoms with Crippen LogP contribution in [0.4, 0.5) is 10.5 Å². The Bertz CT molecular complexity index is 743. The number of halogens is 2. The average Bonchev–Trinajstić information content (AvgIpc) is 2.61. The van der Waals surface area contributed by atoms with Crippen molar-refractivity contribution in [1.29, 1.82) is 0 Å². The lowest BCUT2D eigenvalue weighted by Gasteiger charge is -2.34. The summed E-state index contributed by atoms with van der Waals surface area (Å²) in [4.78, 5) is 16.6. The summed E-state index contributed by atoms with van der Waals surface area (Å²) >= 11 is 9.40. The van der Waals surface area contributed by atoms with Gasteiger partial charge in [-0.25, -0.2) is 4.79 Å². The van der Waals surface area contributed by atoms with Gasteiger partial charge in [0.15, 0.2) is 0 Å². The molecule has 1 aliphatic rings. The van der Waals surface area contributed by atoms with Gasteiger partial charge in [-0.15, -0.1) is 0 Å². The van der Waals surface area contributed by atoms with E-state index < -0.39 is 0 Å². The van der Waals surface area contributed by atoms with Gasteiger partial charge in [0.05, 0.1) is 0 Å². The van der Waals surface area contributed by atoms with Gasteiger partial charge in [0, 0.05) is 47.9 Å². The zero-order valence-corrected chi connectivity index (χ0v) is 16.5. The number of piperazine rings is 1. The molecular formula is C19H21BrClN3O. The Labute approximate surface area is 161 Å². The average molecular weight is 423 g/mol. The fourth-order valence-electron chi connectivity index (χ4n) is 2.91. The van der Waals surface area contributed by atoms with Gasteiger partial charge in [0.1, 0.15) is 0 Å². The third kappa shape index (κ3) is 4.97. The standard InChI is InChI=1S/C19H21BrClN3O/c1-14-12-15(2-7-18(14)20)13-23-8-10-24(11-9-23)19(25)22-17-5-3-16(21)4-6-17/h2-7,12H,8-11,13H2,1H3,(H,22,25). The Hall–Kier alpha value is -1.56. The van der Waals surface area contributed by atoms with Gasteiger partial charge < -0.3 is 10.2 Å². The first-order valence-electron chi connectivity index (χ1n) is 8.30. The molecule has 0 saturated carbocycles. The highest BCUT2D eigenvalue weighted by molar-refractivity contribution is 9.10. The molecule has 3 rings (SSSR count). The summed E-state index contributed by atoms with van der Waals surface area (Å²) < 4.78 is 1.14. The Morgan fingerprint density at radius 3 is 2.44 bits per heavy atom. The number of benzene rings is 2. The predicted molar refractivity (Wildman–Crippen MR) is 106 cm³/mol. The molecule has 25 heavy (non-hydrogen) atoms. The van der Waals surface area contributed by atoms with Crippen molar-refractivity contribution < 1.29 is 4.79 Å². The SMILES string of the molecule is Cc1cc(CN2CCN(C(=O)Nc3ccc(Cl)cc3)CC2)ccc1Br. The molecule has 0 unspecified atom stereocenters. The van der Waals surface area contributed by atoms with Crippen molar-refractivity contribution in [2.24, 2.45) is 0 Å². The Morgan fingerprint density at radius 2 is 1.80 bits per heavy atom. The van der Waals surface area contributed by atoms with Crippen molar-refractivity contribution in [3.63, 3.8) is 0 Å². The quantitative estimate of drug-likeness (QED) is 0.774. The van der Waals surface area contributed by atoms with E-state index >= 15 is 0 Å². The van der Waals surface area contributed by atoms with E-state index in [-0.39, 0.29) is 6.03 Å². The molecule has 0 aliphatic carbocycles. The first kappa shape index (κ1) is 18.2. The highest BCUT2D eigenvalue weighted by atomic mass is 79.9. The number of nitrogens with one attached hydrogen (secondary N) is 1. The van der Waals surface area contributed by atoms with E-state index in [0.29, 0.717) is 5.02 Å². The molecule has 1 N–H and O–H groups in total. The molecule has 1 saturated heterocycles. The number of amides is 2. The van der Waals surface area contributed by atoms with Gasteiger partial charge in [0.25, 0.3) is 0 Å². The topological polar surface area (TPSA) is 35.6 Å². The van der Waals surface area contributed by atoms with Crippen LogP contribution in [0, 0.1) is 6.92 Å². The lowest BCUT2D eigenvalue weighted by Crippen LogP contribution is -2.49. The minimum absolute atomic E-state index is 0.0542. The van der Waals surface area contributed by atoms with Gasteiger partial charge in [-0.05, 0) is 48.4 Å². The maximum absolute atomic E-state index is 12.4. The molecule has 1 heterocycles. The molecule has 0 bridgehead atoms. The van der Waals surface area contributed by atoms with E-state index in [9.17, 15) is 4.79 Å². The van der Waals surface area contributed by atoms with Crippen LogP contribution in [0.15, 0.2) is 46.9 Å². The molecule has 4 nitrogen and oxygen atoms in total. The number of aryl methyl sites for hydroxylation is 1. The van der Waals surface area contributed by atoms with E-state index in [0.717, 1.165) is 42.9 Å². The van der Waals surface area contributed by atoms with E-state index in [1.807, 2.05) is 17.0 Å². The van der Waals surface area contributed by atoms with Crippen molar-refractivity contribution in [1.82, 2.24) is 9.80 Å². The summed E-state index contributed by atoms with van der Waals surface area (Å²) in [5.41, 5.74) is 3.32. The van der Waals surface area contributed by atoms with Crippen LogP contribution >= 0.6 is 27.5 Å². The number of urea groups is 1. The molecule has 0 radical (unpaired) electrons. The smallest absolute Gasteiger partial charge is 0.321 e. The fraction of sp³-hybridized carbons (Fsp3) is 0.316. The van der Waals surface area contributed by atoms with Crippen LogP contribution in [0.2, 0.25) is 5.02 Å². The molecule has 2 aromatic carbocycles. The third-order valence-corrected chi connectivity index (χ3v) is 5.53. The first-order chi connectivity index (χ1) is 12.0. The molecule has 0 spiro atoms. The summed E-state index contributed by atoms with van der Waals surface area (Å²) in [7, 11) is 0. The molecule has 6 heteroatoms. The van der Waals surface area contributed by atoms with Crippen molar-refractivity contribution in [3.8, 4) is 0 Å². The fourth-order valence-corrected chi connectivity index (χ4v) is 3.28. The minimum Gasteiger partial charge on any atom is -0.322 e. The molecule has 132 valence electrons. The van der Waals surface area contributed by atoms with Crippen molar-refractivity contribution in [2.45, 2.75) is 13.5 Å². The first-order valence-corrected chi connectivity index (χ1v) is 9.47. The second-order valence-corrected chi connectivity index (χ2v) is 7.57. The number of hydrogen-bond acceptors (Lipinski definition) is 2. The highest BCUT2D eigenvalue weighted by Gasteiger charge is 2.21. The predicted octanol–water partition coefficient (Wildman–Crippen LogP) is 4.76. The lowest BCUT2D eigenvalue weighted by molar-refractivity contribution is 0.143. The second-order valence-electron chi connectivity index (χ2n) is 6.28. The number of hydrogen-bond donors (Lipinski definition) is 1. The van der Waals surface area contributed by atoms with Crippen LogP contribution in [-0.2, 0) is 6.54 Å². The van der Waals surface area contributed by atoms with Crippen LogP contribution in [0.3, 0.4) is 0 Å². The van der Waals surface area contributed by atoms with E-state index in [1.165, 1.54) is 11.1 Å². The summed E-state index contributed by atoms with van der Waals surface area (Å²) in [6.45, 7) is 6.24. The molecule has 0 aromatic heterocycles. The zero-order valence-electron chi connectivity index (χ0n) is 14.1. The molecule has 1 fully saturated rings. The number of rotatable bonds is 3. The van der Waals surface area contributed by atoms with Crippen molar-refractivity contribution >= 4 is 39.2 Å². The maximum atomic E-state index is 12.4. The molecule has 2 amide bonds. The molecular weight excluding hydrogens is 402 g/mol. The Balaban J connectivity index is 1.50. The highest BCUT2D eigenvalue weighted by Crippen LogP contribution is 2.19. The van der Waals surface area contributed by atoms with Gasteiger partial charge >= 0.3 is 6.03 Å². The zero-order chi connectivity index (χ0) is 17.8. The normalized spacial score (nSPS) is 15.2. The second kappa shape index (κ2) is 8.21. The summed E-state index contributed by atoms with van der Waals surface area (Å²) in [5, 5.41) is 3.58. The van der Waals surface area contributed by atoms with Crippen LogP contribution in [0.25, 0.3) is 0 Å². The van der Waals surface area contributed by atoms with Crippen LogP contribution in [0.1, 0.15) is 11.1 Å². The third-order valence-electron chi connectivity index (χ3n) is 4.38. The van der Waals surface area contributed by atoms with E-state index in [2.05, 4.69) is 51.3 Å².